The molecule has 6 heteroatoms. The first-order chi connectivity index (χ1) is 11.7. The van der Waals surface area contributed by atoms with Gasteiger partial charge >= 0.3 is 0 Å². The molecule has 0 amide bonds. The molecular weight excluding hydrogens is 304 g/mol. The summed E-state index contributed by atoms with van der Waals surface area (Å²) in [6.45, 7) is 7.55. The average molecular weight is 341 g/mol. The molecule has 0 aromatic rings. The maximum atomic E-state index is 5.79. The van der Waals surface area contributed by atoms with E-state index in [1.54, 1.807) is 0 Å². The Morgan fingerprint density at radius 2 is 2.00 bits per heavy atom. The van der Waals surface area contributed by atoms with Gasteiger partial charge in [-0.1, -0.05) is 0 Å². The average Bonchev–Trinajstić information content (AvgIpc) is 3.45. The van der Waals surface area contributed by atoms with E-state index in [9.17, 15) is 0 Å². The summed E-state index contributed by atoms with van der Waals surface area (Å²) in [5, 5.41) is 6.79. The first-order valence-corrected chi connectivity index (χ1v) is 9.52. The number of hydrogen-bond acceptors (Lipinski definition) is 4. The molecule has 0 aromatic heterocycles. The van der Waals surface area contributed by atoms with Crippen molar-refractivity contribution in [3.05, 3.63) is 0 Å². The molecule has 1 atom stereocenters. The fourth-order valence-electron chi connectivity index (χ4n) is 2.99. The highest BCUT2D eigenvalue weighted by molar-refractivity contribution is 5.79. The van der Waals surface area contributed by atoms with Gasteiger partial charge in [0.05, 0.1) is 0 Å². The topological polar surface area (TPSA) is 58.1 Å². The van der Waals surface area contributed by atoms with E-state index in [2.05, 4.69) is 34.5 Å². The number of guanidine groups is 1. The van der Waals surface area contributed by atoms with Crippen LogP contribution in [0.1, 0.15) is 39.0 Å². The SMILES string of the molecule is CN=C(NCCCOCC1CCOCC1)NCC(C)N(C)C1CC1. The van der Waals surface area contributed by atoms with E-state index in [0.29, 0.717) is 12.0 Å². The second-order valence-electron chi connectivity index (χ2n) is 7.11. The summed E-state index contributed by atoms with van der Waals surface area (Å²) in [4.78, 5) is 6.75. The van der Waals surface area contributed by atoms with Crippen LogP contribution in [-0.2, 0) is 9.47 Å². The molecule has 6 nitrogen and oxygen atoms in total. The van der Waals surface area contributed by atoms with Crippen LogP contribution in [0.2, 0.25) is 0 Å². The molecule has 1 heterocycles. The molecule has 2 rings (SSSR count). The van der Waals surface area contributed by atoms with E-state index in [0.717, 1.165) is 70.8 Å². The molecule has 0 radical (unpaired) electrons. The van der Waals surface area contributed by atoms with E-state index in [1.807, 2.05) is 7.05 Å². The van der Waals surface area contributed by atoms with Crippen molar-refractivity contribution in [2.45, 2.75) is 51.1 Å². The molecular formula is C18H36N4O2. The quantitative estimate of drug-likeness (QED) is 0.358. The molecule has 0 spiro atoms. The van der Waals surface area contributed by atoms with E-state index < -0.39 is 0 Å². The number of hydrogen-bond donors (Lipinski definition) is 2. The molecule has 1 saturated heterocycles. The van der Waals surface area contributed by atoms with E-state index in [1.165, 1.54) is 12.8 Å². The number of ether oxygens (including phenoxy) is 2. The Kier molecular flexibility index (Phi) is 8.84. The highest BCUT2D eigenvalue weighted by Crippen LogP contribution is 2.26. The van der Waals surface area contributed by atoms with Crippen molar-refractivity contribution in [2.24, 2.45) is 10.9 Å². The lowest BCUT2D eigenvalue weighted by atomic mass is 10.0. The third-order valence-corrected chi connectivity index (χ3v) is 5.06. The minimum absolute atomic E-state index is 0.527. The summed E-state index contributed by atoms with van der Waals surface area (Å²) in [5.74, 6) is 1.57. The molecule has 1 saturated carbocycles. The lowest BCUT2D eigenvalue weighted by Crippen LogP contribution is -2.45. The number of likely N-dealkylation sites (N-methyl/N-ethyl adjacent to an activating group) is 1. The molecule has 2 aliphatic rings. The van der Waals surface area contributed by atoms with Gasteiger partial charge in [-0.25, -0.2) is 0 Å². The summed E-state index contributed by atoms with van der Waals surface area (Å²) in [6.07, 6.45) is 5.98. The highest BCUT2D eigenvalue weighted by atomic mass is 16.5. The summed E-state index contributed by atoms with van der Waals surface area (Å²) in [6, 6.07) is 1.32. The van der Waals surface area contributed by atoms with Gasteiger partial charge in [-0.3, -0.25) is 9.89 Å². The summed E-state index contributed by atoms with van der Waals surface area (Å²) >= 11 is 0. The molecule has 2 N–H and O–H groups in total. The van der Waals surface area contributed by atoms with Crippen molar-refractivity contribution in [2.75, 3.05) is 53.6 Å². The third-order valence-electron chi connectivity index (χ3n) is 5.06. The lowest BCUT2D eigenvalue weighted by Gasteiger charge is -2.25. The second-order valence-corrected chi connectivity index (χ2v) is 7.11. The predicted molar refractivity (Wildman–Crippen MR) is 98.6 cm³/mol. The largest absolute Gasteiger partial charge is 0.381 e. The lowest BCUT2D eigenvalue weighted by molar-refractivity contribution is 0.0203. The van der Waals surface area contributed by atoms with Crippen LogP contribution in [-0.4, -0.2) is 76.6 Å². The molecule has 1 aliphatic carbocycles. The van der Waals surface area contributed by atoms with Gasteiger partial charge in [-0.15, -0.1) is 0 Å². The molecule has 1 unspecified atom stereocenters. The van der Waals surface area contributed by atoms with Crippen molar-refractivity contribution in [1.29, 1.82) is 0 Å². The maximum absolute atomic E-state index is 5.79. The van der Waals surface area contributed by atoms with Crippen LogP contribution in [0.3, 0.4) is 0 Å². The Labute approximate surface area is 147 Å². The number of nitrogens with one attached hydrogen (secondary N) is 2. The van der Waals surface area contributed by atoms with Gasteiger partial charge in [-0.2, -0.15) is 0 Å². The standard InChI is InChI=1S/C18H36N4O2/c1-15(22(3)17-5-6-17)13-21-18(19-2)20-9-4-10-24-14-16-7-11-23-12-8-16/h15-17H,4-14H2,1-3H3,(H2,19,20,21). The van der Waals surface area contributed by atoms with E-state index in [4.69, 9.17) is 9.47 Å². The van der Waals surface area contributed by atoms with E-state index in [-0.39, 0.29) is 0 Å². The molecule has 0 aromatic carbocycles. The summed E-state index contributed by atoms with van der Waals surface area (Å²) in [7, 11) is 4.04. The number of aliphatic imine (C=N–C) groups is 1. The smallest absolute Gasteiger partial charge is 0.191 e. The second kappa shape index (κ2) is 10.9. The Hall–Kier alpha value is -0.850. The highest BCUT2D eigenvalue weighted by Gasteiger charge is 2.28. The van der Waals surface area contributed by atoms with Crippen molar-refractivity contribution >= 4 is 5.96 Å². The molecule has 0 bridgehead atoms. The number of rotatable bonds is 10. The van der Waals surface area contributed by atoms with Crippen molar-refractivity contribution in [1.82, 2.24) is 15.5 Å². The fourth-order valence-corrected chi connectivity index (χ4v) is 2.99. The van der Waals surface area contributed by atoms with Gasteiger partial charge in [-0.05, 0) is 52.0 Å². The third kappa shape index (κ3) is 7.36. The Morgan fingerprint density at radius 3 is 2.67 bits per heavy atom. The first kappa shape index (κ1) is 19.5. The van der Waals surface area contributed by atoms with Crippen molar-refractivity contribution < 1.29 is 9.47 Å². The Balaban J connectivity index is 1.47. The minimum Gasteiger partial charge on any atom is -0.381 e. The Morgan fingerprint density at radius 1 is 1.25 bits per heavy atom. The van der Waals surface area contributed by atoms with Crippen LogP contribution < -0.4 is 10.6 Å². The minimum atomic E-state index is 0.527. The van der Waals surface area contributed by atoms with Crippen LogP contribution in [0.15, 0.2) is 4.99 Å². The van der Waals surface area contributed by atoms with Crippen molar-refractivity contribution in [3.8, 4) is 0 Å². The van der Waals surface area contributed by atoms with Gasteiger partial charge in [0, 0.05) is 58.6 Å². The molecule has 2 fully saturated rings. The van der Waals surface area contributed by atoms with Gasteiger partial charge in [0.2, 0.25) is 0 Å². The fraction of sp³-hybridized carbons (Fsp3) is 0.944. The summed E-state index contributed by atoms with van der Waals surface area (Å²) < 4.78 is 11.2. The van der Waals surface area contributed by atoms with Crippen LogP contribution in [0.25, 0.3) is 0 Å². The normalized spacial score (nSPS) is 21.1. The van der Waals surface area contributed by atoms with Gasteiger partial charge in [0.15, 0.2) is 5.96 Å². The van der Waals surface area contributed by atoms with Gasteiger partial charge in [0.25, 0.3) is 0 Å². The zero-order valence-electron chi connectivity index (χ0n) is 15.7. The molecule has 1 aliphatic heterocycles. The van der Waals surface area contributed by atoms with Crippen LogP contribution in [0.4, 0.5) is 0 Å². The van der Waals surface area contributed by atoms with Crippen LogP contribution in [0.5, 0.6) is 0 Å². The van der Waals surface area contributed by atoms with E-state index >= 15 is 0 Å². The zero-order chi connectivity index (χ0) is 17.2. The molecule has 140 valence electrons. The zero-order valence-corrected chi connectivity index (χ0v) is 15.7. The Bertz CT molecular complexity index is 368. The monoisotopic (exact) mass is 340 g/mol. The molecule has 24 heavy (non-hydrogen) atoms. The van der Waals surface area contributed by atoms with Gasteiger partial charge < -0.3 is 20.1 Å². The predicted octanol–water partition coefficient (Wildman–Crippen LogP) is 1.47. The maximum Gasteiger partial charge on any atom is 0.191 e. The summed E-state index contributed by atoms with van der Waals surface area (Å²) in [5.41, 5.74) is 0. The number of nitrogens with zero attached hydrogens (tertiary/aromatic N) is 2. The van der Waals surface area contributed by atoms with Crippen LogP contribution in [0, 0.1) is 5.92 Å². The van der Waals surface area contributed by atoms with Crippen molar-refractivity contribution in [3.63, 3.8) is 0 Å². The van der Waals surface area contributed by atoms with Crippen LogP contribution >= 0.6 is 0 Å². The first-order valence-electron chi connectivity index (χ1n) is 9.52. The van der Waals surface area contributed by atoms with Gasteiger partial charge in [0.1, 0.15) is 0 Å².